The second kappa shape index (κ2) is 7.43. The first-order valence-corrected chi connectivity index (χ1v) is 8.95. The van der Waals surface area contributed by atoms with Gasteiger partial charge in [0.1, 0.15) is 0 Å². The first-order chi connectivity index (χ1) is 11.3. The molecular weight excluding hydrogens is 322 g/mol. The largest absolute Gasteiger partial charge is 0.295 e. The average molecular weight is 341 g/mol. The summed E-state index contributed by atoms with van der Waals surface area (Å²) in [6.07, 6.45) is 0. The number of hydrogen-bond donors (Lipinski definition) is 1. The van der Waals surface area contributed by atoms with E-state index in [9.17, 15) is 13.2 Å². The predicted molar refractivity (Wildman–Crippen MR) is 94.4 cm³/mol. The lowest BCUT2D eigenvalue weighted by Gasteiger charge is -2.06. The number of aryl methyl sites for hydroxylation is 2. The van der Waals surface area contributed by atoms with E-state index in [-0.39, 0.29) is 17.2 Å². The molecule has 0 aliphatic heterocycles. The summed E-state index contributed by atoms with van der Waals surface area (Å²) in [6.45, 7) is 5.33. The van der Waals surface area contributed by atoms with E-state index in [1.807, 2.05) is 13.8 Å². The predicted octanol–water partition coefficient (Wildman–Crippen LogP) is 2.84. The van der Waals surface area contributed by atoms with Gasteiger partial charge in [0.05, 0.1) is 11.4 Å². The zero-order chi connectivity index (χ0) is 17.7. The number of ketones is 1. The Balaban J connectivity index is 2.03. The zero-order valence-corrected chi connectivity index (χ0v) is 14.7. The number of carbonyl (C=O) groups is 1. The van der Waals surface area contributed by atoms with Crippen molar-refractivity contribution < 1.29 is 13.2 Å². The Morgan fingerprint density at radius 1 is 1.04 bits per heavy atom. The molecule has 1 N–H and O–H groups in total. The maximum Gasteiger partial charge on any atom is 0.241 e. The van der Waals surface area contributed by atoms with E-state index in [0.29, 0.717) is 5.56 Å². The van der Waals surface area contributed by atoms with Crippen LogP contribution in [-0.4, -0.2) is 20.7 Å². The Kier molecular flexibility index (Phi) is 5.55. The second-order valence-electron chi connectivity index (χ2n) is 5.51. The highest BCUT2D eigenvalue weighted by molar-refractivity contribution is 7.89. The third kappa shape index (κ3) is 4.54. The molecule has 0 unspecified atom stereocenters. The Bertz CT molecular complexity index is 917. The zero-order valence-electron chi connectivity index (χ0n) is 13.9. The molecule has 2 rings (SSSR count). The molecule has 0 fully saturated rings. The van der Waals surface area contributed by atoms with Crippen LogP contribution in [0.25, 0.3) is 0 Å². The molecule has 0 atom stereocenters. The molecule has 0 spiro atoms. The number of carbonyl (C=O) groups excluding carboxylic acids is 1. The quantitative estimate of drug-likeness (QED) is 0.687. The summed E-state index contributed by atoms with van der Waals surface area (Å²) in [5.41, 5.74) is 3.32. The van der Waals surface area contributed by atoms with Crippen LogP contribution in [0, 0.1) is 25.7 Å². The van der Waals surface area contributed by atoms with Crippen molar-refractivity contribution in [3.05, 3.63) is 64.7 Å². The van der Waals surface area contributed by atoms with Crippen molar-refractivity contribution in [1.82, 2.24) is 4.72 Å². The van der Waals surface area contributed by atoms with E-state index < -0.39 is 10.0 Å². The molecule has 0 radical (unpaired) electrons. The minimum atomic E-state index is -3.57. The van der Waals surface area contributed by atoms with E-state index in [4.69, 9.17) is 0 Å². The van der Waals surface area contributed by atoms with Gasteiger partial charge >= 0.3 is 0 Å². The van der Waals surface area contributed by atoms with Crippen LogP contribution < -0.4 is 4.72 Å². The van der Waals surface area contributed by atoms with Crippen LogP contribution in [0.3, 0.4) is 0 Å². The normalized spacial score (nSPS) is 10.8. The third-order valence-corrected chi connectivity index (χ3v) is 5.06. The molecule has 124 valence electrons. The molecule has 0 aliphatic rings. The number of hydrogen-bond acceptors (Lipinski definition) is 3. The Morgan fingerprint density at radius 2 is 1.71 bits per heavy atom. The summed E-state index contributed by atoms with van der Waals surface area (Å²) >= 11 is 0. The number of sulfonamides is 1. The molecule has 2 aromatic rings. The van der Waals surface area contributed by atoms with Gasteiger partial charge in [0.25, 0.3) is 0 Å². The molecule has 0 saturated heterocycles. The van der Waals surface area contributed by atoms with Gasteiger partial charge in [-0.25, -0.2) is 8.42 Å². The van der Waals surface area contributed by atoms with Gasteiger partial charge in [-0.3, -0.25) is 4.79 Å². The van der Waals surface area contributed by atoms with Gasteiger partial charge in [-0.15, -0.1) is 0 Å². The Hall–Kier alpha value is -2.42. The van der Waals surface area contributed by atoms with Crippen LogP contribution in [-0.2, 0) is 10.0 Å². The fourth-order valence-corrected chi connectivity index (χ4v) is 3.04. The lowest BCUT2D eigenvalue weighted by atomic mass is 10.1. The highest BCUT2D eigenvalue weighted by atomic mass is 32.2. The lowest BCUT2D eigenvalue weighted by Crippen LogP contribution is -2.24. The summed E-state index contributed by atoms with van der Waals surface area (Å²) in [7, 11) is -3.57. The molecule has 24 heavy (non-hydrogen) atoms. The van der Waals surface area contributed by atoms with Crippen LogP contribution >= 0.6 is 0 Å². The number of benzene rings is 2. The van der Waals surface area contributed by atoms with E-state index in [0.717, 1.165) is 16.7 Å². The van der Waals surface area contributed by atoms with Crippen LogP contribution in [0.15, 0.2) is 47.4 Å². The van der Waals surface area contributed by atoms with Crippen molar-refractivity contribution in [2.45, 2.75) is 25.7 Å². The van der Waals surface area contributed by atoms with Gasteiger partial charge in [-0.05, 0) is 56.2 Å². The highest BCUT2D eigenvalue weighted by Crippen LogP contribution is 2.14. The monoisotopic (exact) mass is 341 g/mol. The van der Waals surface area contributed by atoms with Crippen molar-refractivity contribution in [2.75, 3.05) is 6.54 Å². The van der Waals surface area contributed by atoms with Crippen LogP contribution in [0.5, 0.6) is 0 Å². The molecule has 0 aliphatic carbocycles. The molecule has 4 nitrogen and oxygen atoms in total. The van der Waals surface area contributed by atoms with Gasteiger partial charge in [0.15, 0.2) is 5.78 Å². The molecule has 2 aromatic carbocycles. The molecule has 0 bridgehead atoms. The van der Waals surface area contributed by atoms with Gasteiger partial charge in [0.2, 0.25) is 10.0 Å². The standard InChI is InChI=1S/C19H19NO3S/c1-14-6-11-19(13-15(14)2)24(22,23)20-12-4-5-17-7-9-18(10-8-17)16(3)21/h6-11,13,20H,12H2,1-3H3. The average Bonchev–Trinajstić information content (AvgIpc) is 2.54. The number of rotatable bonds is 4. The second-order valence-corrected chi connectivity index (χ2v) is 7.27. The Labute approximate surface area is 143 Å². The van der Waals surface area contributed by atoms with Crippen molar-refractivity contribution in [1.29, 1.82) is 0 Å². The molecule has 0 amide bonds. The van der Waals surface area contributed by atoms with Crippen molar-refractivity contribution in [3.8, 4) is 11.8 Å². The van der Waals surface area contributed by atoms with Crippen molar-refractivity contribution in [2.24, 2.45) is 0 Å². The maximum atomic E-state index is 12.2. The summed E-state index contributed by atoms with van der Waals surface area (Å²) in [6, 6.07) is 11.9. The van der Waals surface area contributed by atoms with Crippen molar-refractivity contribution >= 4 is 15.8 Å². The first-order valence-electron chi connectivity index (χ1n) is 7.46. The SMILES string of the molecule is CC(=O)c1ccc(C#CCNS(=O)(=O)c2ccc(C)c(C)c2)cc1. The fraction of sp³-hybridized carbons (Fsp3) is 0.211. The number of Topliss-reactive ketones (excluding diaryl/α,β-unsaturated/α-hetero) is 1. The van der Waals surface area contributed by atoms with Gasteiger partial charge in [-0.2, -0.15) is 4.72 Å². The molecule has 0 aromatic heterocycles. The smallest absolute Gasteiger partial charge is 0.241 e. The number of nitrogens with one attached hydrogen (secondary N) is 1. The van der Waals surface area contributed by atoms with Gasteiger partial charge in [-0.1, -0.05) is 30.0 Å². The van der Waals surface area contributed by atoms with Crippen molar-refractivity contribution in [3.63, 3.8) is 0 Å². The Morgan fingerprint density at radius 3 is 2.29 bits per heavy atom. The van der Waals surface area contributed by atoms with Crippen LogP contribution in [0.1, 0.15) is 34.0 Å². The van der Waals surface area contributed by atoms with E-state index >= 15 is 0 Å². The van der Waals surface area contributed by atoms with Crippen LogP contribution in [0.2, 0.25) is 0 Å². The first kappa shape index (κ1) is 17.9. The molecule has 5 heteroatoms. The molecule has 0 heterocycles. The minimum absolute atomic E-state index is 0.00402. The highest BCUT2D eigenvalue weighted by Gasteiger charge is 2.13. The fourth-order valence-electron chi connectivity index (χ4n) is 2.03. The maximum absolute atomic E-state index is 12.2. The summed E-state index contributed by atoms with van der Waals surface area (Å²) in [4.78, 5) is 11.4. The summed E-state index contributed by atoms with van der Waals surface area (Å²) in [5, 5.41) is 0. The summed E-state index contributed by atoms with van der Waals surface area (Å²) < 4.78 is 26.9. The van der Waals surface area contributed by atoms with E-state index in [2.05, 4.69) is 16.6 Å². The van der Waals surface area contributed by atoms with Gasteiger partial charge in [0, 0.05) is 11.1 Å². The third-order valence-electron chi connectivity index (χ3n) is 3.66. The van der Waals surface area contributed by atoms with Crippen LogP contribution in [0.4, 0.5) is 0 Å². The summed E-state index contributed by atoms with van der Waals surface area (Å²) in [5.74, 6) is 5.64. The van der Waals surface area contributed by atoms with E-state index in [1.165, 1.54) is 6.92 Å². The molecular formula is C19H19NO3S. The minimum Gasteiger partial charge on any atom is -0.295 e. The van der Waals surface area contributed by atoms with Gasteiger partial charge < -0.3 is 0 Å². The lowest BCUT2D eigenvalue weighted by molar-refractivity contribution is 0.101. The molecule has 0 saturated carbocycles. The topological polar surface area (TPSA) is 63.2 Å². The van der Waals surface area contributed by atoms with E-state index in [1.54, 1.807) is 42.5 Å².